The highest BCUT2D eigenvalue weighted by molar-refractivity contribution is 5.78. The van der Waals surface area contributed by atoms with E-state index in [2.05, 4.69) is 0 Å². The zero-order valence-electron chi connectivity index (χ0n) is 10.3. The molecule has 1 saturated heterocycles. The van der Waals surface area contributed by atoms with E-state index in [0.717, 1.165) is 0 Å². The summed E-state index contributed by atoms with van der Waals surface area (Å²) in [6, 6.07) is 0. The fourth-order valence-corrected chi connectivity index (χ4v) is 2.06. The van der Waals surface area contributed by atoms with E-state index in [1.807, 2.05) is 32.6 Å². The number of likely N-dealkylation sites (tertiary alicyclic amines) is 1. The molecular weight excluding hydrogens is 190 g/mol. The molecule has 0 aromatic heterocycles. The minimum Gasteiger partial charge on any atom is -0.389 e. The van der Waals surface area contributed by atoms with Crippen LogP contribution in [0.2, 0.25) is 0 Å². The predicted molar refractivity (Wildman–Crippen MR) is 60.4 cm³/mol. The van der Waals surface area contributed by atoms with Gasteiger partial charge in [0.2, 0.25) is 5.91 Å². The van der Waals surface area contributed by atoms with Gasteiger partial charge in [-0.1, -0.05) is 27.7 Å². The van der Waals surface area contributed by atoms with Crippen LogP contribution in [0.3, 0.4) is 0 Å². The second-order valence-corrected chi connectivity index (χ2v) is 5.24. The first-order valence-corrected chi connectivity index (χ1v) is 5.88. The highest BCUT2D eigenvalue weighted by Crippen LogP contribution is 2.29. The summed E-state index contributed by atoms with van der Waals surface area (Å²) in [6.07, 6.45) is 1.42. The Hall–Kier alpha value is -0.570. The number of hydrogen-bond donors (Lipinski definition) is 1. The number of piperidine rings is 1. The largest absolute Gasteiger partial charge is 0.389 e. The van der Waals surface area contributed by atoms with E-state index >= 15 is 0 Å². The van der Waals surface area contributed by atoms with Gasteiger partial charge in [-0.15, -0.1) is 0 Å². The van der Waals surface area contributed by atoms with E-state index in [4.69, 9.17) is 0 Å². The average Bonchev–Trinajstić information content (AvgIpc) is 2.17. The fourth-order valence-electron chi connectivity index (χ4n) is 2.06. The summed E-state index contributed by atoms with van der Waals surface area (Å²) in [5.41, 5.74) is -0.562. The first-order valence-electron chi connectivity index (χ1n) is 5.88. The molecule has 1 aliphatic rings. The van der Waals surface area contributed by atoms with Gasteiger partial charge in [-0.3, -0.25) is 4.79 Å². The molecule has 0 bridgehead atoms. The summed E-state index contributed by atoms with van der Waals surface area (Å²) in [4.78, 5) is 13.6. The number of amides is 1. The first-order chi connectivity index (χ1) is 6.87. The quantitative estimate of drug-likeness (QED) is 0.757. The minimum absolute atomic E-state index is 0.0650. The Kier molecular flexibility index (Phi) is 3.77. The molecule has 1 heterocycles. The van der Waals surface area contributed by atoms with E-state index < -0.39 is 5.60 Å². The van der Waals surface area contributed by atoms with E-state index in [-0.39, 0.29) is 17.7 Å². The number of aliphatic hydroxyl groups is 1. The van der Waals surface area contributed by atoms with Crippen molar-refractivity contribution in [1.29, 1.82) is 0 Å². The summed E-state index contributed by atoms with van der Waals surface area (Å²) in [6.45, 7) is 9.33. The number of nitrogens with zero attached hydrogens (tertiary/aromatic N) is 1. The average molecular weight is 213 g/mol. The van der Waals surface area contributed by atoms with Crippen molar-refractivity contribution in [3.8, 4) is 0 Å². The van der Waals surface area contributed by atoms with Gasteiger partial charge in [0, 0.05) is 19.0 Å². The van der Waals surface area contributed by atoms with Gasteiger partial charge in [0.05, 0.1) is 5.60 Å². The van der Waals surface area contributed by atoms with Crippen molar-refractivity contribution in [3.63, 3.8) is 0 Å². The summed E-state index contributed by atoms with van der Waals surface area (Å²) in [7, 11) is 0. The topological polar surface area (TPSA) is 40.5 Å². The standard InChI is InChI=1S/C12H23NO2/c1-9(2)11(14)13-7-5-12(15,6-8-13)10(3)4/h9-10,15H,5-8H2,1-4H3. The van der Waals surface area contributed by atoms with Crippen LogP contribution in [0.25, 0.3) is 0 Å². The Morgan fingerprint density at radius 1 is 1.20 bits per heavy atom. The molecule has 0 unspecified atom stereocenters. The Labute approximate surface area is 92.5 Å². The molecule has 15 heavy (non-hydrogen) atoms. The predicted octanol–water partition coefficient (Wildman–Crippen LogP) is 1.65. The zero-order valence-corrected chi connectivity index (χ0v) is 10.3. The molecule has 1 amide bonds. The molecule has 0 atom stereocenters. The van der Waals surface area contributed by atoms with Gasteiger partial charge in [0.1, 0.15) is 0 Å². The van der Waals surface area contributed by atoms with Crippen LogP contribution in [0.15, 0.2) is 0 Å². The van der Waals surface area contributed by atoms with Gasteiger partial charge in [-0.05, 0) is 18.8 Å². The van der Waals surface area contributed by atoms with Gasteiger partial charge in [-0.25, -0.2) is 0 Å². The van der Waals surface area contributed by atoms with Crippen molar-refractivity contribution in [2.75, 3.05) is 13.1 Å². The van der Waals surface area contributed by atoms with Crippen molar-refractivity contribution >= 4 is 5.91 Å². The molecule has 1 rings (SSSR count). The molecule has 3 nitrogen and oxygen atoms in total. The van der Waals surface area contributed by atoms with E-state index in [1.54, 1.807) is 0 Å². The maximum atomic E-state index is 11.7. The monoisotopic (exact) mass is 213 g/mol. The van der Waals surface area contributed by atoms with Crippen LogP contribution in [0.1, 0.15) is 40.5 Å². The van der Waals surface area contributed by atoms with Gasteiger partial charge in [0.15, 0.2) is 0 Å². The lowest BCUT2D eigenvalue weighted by Crippen LogP contribution is -2.50. The lowest BCUT2D eigenvalue weighted by atomic mass is 9.81. The molecule has 1 aliphatic heterocycles. The van der Waals surface area contributed by atoms with Crippen molar-refractivity contribution in [2.45, 2.75) is 46.1 Å². The summed E-state index contributed by atoms with van der Waals surface area (Å²) >= 11 is 0. The van der Waals surface area contributed by atoms with Crippen molar-refractivity contribution in [3.05, 3.63) is 0 Å². The van der Waals surface area contributed by atoms with Gasteiger partial charge >= 0.3 is 0 Å². The maximum Gasteiger partial charge on any atom is 0.225 e. The van der Waals surface area contributed by atoms with Gasteiger partial charge < -0.3 is 10.0 Å². The van der Waals surface area contributed by atoms with Gasteiger partial charge in [-0.2, -0.15) is 0 Å². The SMILES string of the molecule is CC(C)C(=O)N1CCC(O)(C(C)C)CC1. The highest BCUT2D eigenvalue weighted by Gasteiger charge is 2.36. The molecule has 1 fully saturated rings. The van der Waals surface area contributed by atoms with Crippen LogP contribution in [0.4, 0.5) is 0 Å². The molecule has 0 spiro atoms. The molecule has 88 valence electrons. The lowest BCUT2D eigenvalue weighted by Gasteiger charge is -2.41. The van der Waals surface area contributed by atoms with Crippen LogP contribution in [0, 0.1) is 11.8 Å². The van der Waals surface area contributed by atoms with Crippen molar-refractivity contribution < 1.29 is 9.90 Å². The molecule has 0 aliphatic carbocycles. The van der Waals surface area contributed by atoms with Crippen molar-refractivity contribution in [1.82, 2.24) is 4.90 Å². The number of rotatable bonds is 2. The normalized spacial score (nSPS) is 21.1. The molecule has 0 radical (unpaired) electrons. The number of carbonyl (C=O) groups is 1. The van der Waals surface area contributed by atoms with Crippen molar-refractivity contribution in [2.24, 2.45) is 11.8 Å². The number of hydrogen-bond acceptors (Lipinski definition) is 2. The van der Waals surface area contributed by atoms with Crippen LogP contribution in [0.5, 0.6) is 0 Å². The highest BCUT2D eigenvalue weighted by atomic mass is 16.3. The summed E-state index contributed by atoms with van der Waals surface area (Å²) < 4.78 is 0. The van der Waals surface area contributed by atoms with Crippen LogP contribution < -0.4 is 0 Å². The third-order valence-electron chi connectivity index (χ3n) is 3.51. The maximum absolute atomic E-state index is 11.7. The second kappa shape index (κ2) is 4.52. The zero-order chi connectivity index (χ0) is 11.6. The molecule has 0 aromatic rings. The van der Waals surface area contributed by atoms with E-state index in [0.29, 0.717) is 25.9 Å². The molecule has 1 N–H and O–H groups in total. The Morgan fingerprint density at radius 3 is 2.00 bits per heavy atom. The van der Waals surface area contributed by atoms with E-state index in [9.17, 15) is 9.90 Å². The summed E-state index contributed by atoms with van der Waals surface area (Å²) in [5, 5.41) is 10.2. The van der Waals surface area contributed by atoms with Crippen LogP contribution in [-0.2, 0) is 4.79 Å². The molecule has 0 saturated carbocycles. The van der Waals surface area contributed by atoms with Crippen LogP contribution in [-0.4, -0.2) is 34.6 Å². The van der Waals surface area contributed by atoms with Gasteiger partial charge in [0.25, 0.3) is 0 Å². The van der Waals surface area contributed by atoms with E-state index in [1.165, 1.54) is 0 Å². The fraction of sp³-hybridized carbons (Fsp3) is 0.917. The lowest BCUT2D eigenvalue weighted by molar-refractivity contribution is -0.140. The molecule has 0 aromatic carbocycles. The Morgan fingerprint density at radius 2 is 1.67 bits per heavy atom. The smallest absolute Gasteiger partial charge is 0.225 e. The number of carbonyl (C=O) groups excluding carboxylic acids is 1. The third-order valence-corrected chi connectivity index (χ3v) is 3.51. The third kappa shape index (κ3) is 2.71. The molecular formula is C12H23NO2. The Bertz CT molecular complexity index is 228. The second-order valence-electron chi connectivity index (χ2n) is 5.24. The Balaban J connectivity index is 2.53. The summed E-state index contributed by atoms with van der Waals surface area (Å²) in [5.74, 6) is 0.546. The van der Waals surface area contributed by atoms with Crippen LogP contribution >= 0.6 is 0 Å². The minimum atomic E-state index is -0.562. The molecule has 3 heteroatoms. The first kappa shape index (κ1) is 12.5.